The maximum Gasteiger partial charge on any atom is 0.291 e. The van der Waals surface area contributed by atoms with Gasteiger partial charge in [0, 0.05) is 5.56 Å². The molecule has 154 valence electrons. The van der Waals surface area contributed by atoms with Crippen molar-refractivity contribution in [2.75, 3.05) is 6.61 Å². The molecule has 0 aliphatic rings. The molecule has 0 saturated heterocycles. The lowest BCUT2D eigenvalue weighted by Crippen LogP contribution is -2.19. The summed E-state index contributed by atoms with van der Waals surface area (Å²) < 4.78 is 5.70. The number of benzene rings is 2. The summed E-state index contributed by atoms with van der Waals surface area (Å²) in [5, 5.41) is 4.04. The van der Waals surface area contributed by atoms with Gasteiger partial charge in [0.2, 0.25) is 0 Å². The van der Waals surface area contributed by atoms with Gasteiger partial charge in [-0.05, 0) is 49.6 Å². The number of hydrogen-bond acceptors (Lipinski definition) is 5. The van der Waals surface area contributed by atoms with Crippen molar-refractivity contribution in [3.8, 4) is 17.0 Å². The SMILES string of the molecule is Cc1cc(C)cc(C=NNC(=O)c2cncc(-c3ccc(OCC(C)C)cc3)n2)c1. The van der Waals surface area contributed by atoms with Gasteiger partial charge >= 0.3 is 0 Å². The third-order valence-corrected chi connectivity index (χ3v) is 4.22. The predicted molar refractivity (Wildman–Crippen MR) is 119 cm³/mol. The molecule has 1 heterocycles. The molecule has 0 aliphatic carbocycles. The Bertz CT molecular complexity index is 1020. The van der Waals surface area contributed by atoms with Crippen LogP contribution in [-0.4, -0.2) is 28.7 Å². The average Bonchev–Trinajstić information content (AvgIpc) is 2.72. The van der Waals surface area contributed by atoms with E-state index in [-0.39, 0.29) is 5.69 Å². The van der Waals surface area contributed by atoms with Crippen molar-refractivity contribution >= 4 is 12.1 Å². The van der Waals surface area contributed by atoms with Crippen molar-refractivity contribution in [3.63, 3.8) is 0 Å². The topological polar surface area (TPSA) is 76.5 Å². The van der Waals surface area contributed by atoms with Gasteiger partial charge in [-0.15, -0.1) is 0 Å². The molecule has 1 N–H and O–H groups in total. The number of hydrogen-bond donors (Lipinski definition) is 1. The van der Waals surface area contributed by atoms with Crippen LogP contribution in [0.5, 0.6) is 5.75 Å². The Kier molecular flexibility index (Phi) is 6.91. The lowest BCUT2D eigenvalue weighted by Gasteiger charge is -2.09. The minimum absolute atomic E-state index is 0.199. The second-order valence-electron chi connectivity index (χ2n) is 7.64. The van der Waals surface area contributed by atoms with Crippen LogP contribution in [-0.2, 0) is 0 Å². The Morgan fingerprint density at radius 3 is 2.47 bits per heavy atom. The van der Waals surface area contributed by atoms with Gasteiger partial charge in [-0.2, -0.15) is 5.10 Å². The maximum atomic E-state index is 12.4. The van der Waals surface area contributed by atoms with Crippen LogP contribution >= 0.6 is 0 Å². The monoisotopic (exact) mass is 402 g/mol. The fraction of sp³-hybridized carbons (Fsp3) is 0.250. The number of aromatic nitrogens is 2. The van der Waals surface area contributed by atoms with Crippen LogP contribution < -0.4 is 10.2 Å². The van der Waals surface area contributed by atoms with E-state index in [0.29, 0.717) is 18.2 Å². The molecular weight excluding hydrogens is 376 g/mol. The van der Waals surface area contributed by atoms with Crippen LogP contribution in [0, 0.1) is 19.8 Å². The standard InChI is InChI=1S/C24H26N4O2/c1-16(2)15-30-21-7-5-20(6-8-21)22-13-25-14-23(27-22)24(29)28-26-12-19-10-17(3)9-18(4)11-19/h5-14,16H,15H2,1-4H3,(H,28,29). The van der Waals surface area contributed by atoms with Crippen molar-refractivity contribution < 1.29 is 9.53 Å². The summed E-state index contributed by atoms with van der Waals surface area (Å²) in [6.07, 6.45) is 4.66. The molecule has 0 aliphatic heterocycles. The van der Waals surface area contributed by atoms with Crippen molar-refractivity contribution in [3.05, 3.63) is 77.2 Å². The highest BCUT2D eigenvalue weighted by molar-refractivity contribution is 5.93. The number of hydrazone groups is 1. The van der Waals surface area contributed by atoms with Crippen molar-refractivity contribution in [1.82, 2.24) is 15.4 Å². The molecule has 0 atom stereocenters. The Labute approximate surface area is 177 Å². The minimum Gasteiger partial charge on any atom is -0.493 e. The normalized spacial score (nSPS) is 11.1. The Hall–Kier alpha value is -3.54. The molecule has 0 radical (unpaired) electrons. The molecule has 6 heteroatoms. The first-order valence-corrected chi connectivity index (χ1v) is 9.87. The van der Waals surface area contributed by atoms with E-state index in [9.17, 15) is 4.79 Å². The van der Waals surface area contributed by atoms with E-state index < -0.39 is 5.91 Å². The number of nitrogens with zero attached hydrogens (tertiary/aromatic N) is 3. The second kappa shape index (κ2) is 9.78. The van der Waals surface area contributed by atoms with E-state index in [1.165, 1.54) is 6.20 Å². The predicted octanol–water partition coefficient (Wildman–Crippen LogP) is 4.56. The Morgan fingerprint density at radius 1 is 1.10 bits per heavy atom. The first-order chi connectivity index (χ1) is 14.4. The Morgan fingerprint density at radius 2 is 1.80 bits per heavy atom. The van der Waals surface area contributed by atoms with Crippen LogP contribution in [0.25, 0.3) is 11.3 Å². The van der Waals surface area contributed by atoms with Gasteiger partial charge in [0.25, 0.3) is 5.91 Å². The molecule has 3 aromatic rings. The smallest absolute Gasteiger partial charge is 0.291 e. The van der Waals surface area contributed by atoms with E-state index >= 15 is 0 Å². The van der Waals surface area contributed by atoms with Gasteiger partial charge in [-0.25, -0.2) is 10.4 Å². The number of amides is 1. The summed E-state index contributed by atoms with van der Waals surface area (Å²) in [6, 6.07) is 13.7. The zero-order chi connectivity index (χ0) is 21.5. The van der Waals surface area contributed by atoms with Gasteiger partial charge in [-0.3, -0.25) is 9.78 Å². The third kappa shape index (κ3) is 5.98. The van der Waals surface area contributed by atoms with E-state index in [4.69, 9.17) is 4.74 Å². The highest BCUT2D eigenvalue weighted by atomic mass is 16.5. The summed E-state index contributed by atoms with van der Waals surface area (Å²) in [5.74, 6) is 0.847. The summed E-state index contributed by atoms with van der Waals surface area (Å²) in [4.78, 5) is 21.0. The molecule has 6 nitrogen and oxygen atoms in total. The van der Waals surface area contributed by atoms with Gasteiger partial charge < -0.3 is 4.74 Å². The zero-order valence-corrected chi connectivity index (χ0v) is 17.7. The highest BCUT2D eigenvalue weighted by Gasteiger charge is 2.09. The van der Waals surface area contributed by atoms with E-state index in [0.717, 1.165) is 28.0 Å². The Balaban J connectivity index is 1.67. The highest BCUT2D eigenvalue weighted by Crippen LogP contribution is 2.21. The van der Waals surface area contributed by atoms with Crippen molar-refractivity contribution in [2.24, 2.45) is 11.0 Å². The molecular formula is C24H26N4O2. The number of aryl methyl sites for hydroxylation is 2. The number of rotatable bonds is 7. The molecule has 1 amide bonds. The second-order valence-corrected chi connectivity index (χ2v) is 7.64. The number of carbonyl (C=O) groups excluding carboxylic acids is 1. The molecule has 0 bridgehead atoms. The van der Waals surface area contributed by atoms with Crippen LogP contribution in [0.2, 0.25) is 0 Å². The lowest BCUT2D eigenvalue weighted by molar-refractivity contribution is 0.0950. The number of nitrogens with one attached hydrogen (secondary N) is 1. The first kappa shape index (κ1) is 21.2. The van der Waals surface area contributed by atoms with E-state index in [1.807, 2.05) is 50.2 Å². The lowest BCUT2D eigenvalue weighted by atomic mass is 10.1. The third-order valence-electron chi connectivity index (χ3n) is 4.22. The summed E-state index contributed by atoms with van der Waals surface area (Å²) in [7, 11) is 0. The minimum atomic E-state index is -0.415. The zero-order valence-electron chi connectivity index (χ0n) is 17.7. The molecule has 1 aromatic heterocycles. The van der Waals surface area contributed by atoms with Crippen LogP contribution in [0.3, 0.4) is 0 Å². The number of carbonyl (C=O) groups is 1. The summed E-state index contributed by atoms with van der Waals surface area (Å²) in [5.41, 5.74) is 7.38. The van der Waals surface area contributed by atoms with Crippen molar-refractivity contribution in [2.45, 2.75) is 27.7 Å². The van der Waals surface area contributed by atoms with Gasteiger partial charge in [0.15, 0.2) is 0 Å². The number of ether oxygens (including phenoxy) is 1. The average molecular weight is 402 g/mol. The van der Waals surface area contributed by atoms with Crippen LogP contribution in [0.4, 0.5) is 0 Å². The largest absolute Gasteiger partial charge is 0.493 e. The summed E-state index contributed by atoms with van der Waals surface area (Å²) in [6.45, 7) is 8.91. The van der Waals surface area contributed by atoms with E-state index in [2.05, 4.69) is 40.4 Å². The summed E-state index contributed by atoms with van der Waals surface area (Å²) >= 11 is 0. The molecule has 30 heavy (non-hydrogen) atoms. The first-order valence-electron chi connectivity index (χ1n) is 9.87. The van der Waals surface area contributed by atoms with Gasteiger partial charge in [-0.1, -0.05) is 43.2 Å². The van der Waals surface area contributed by atoms with Crippen LogP contribution in [0.1, 0.15) is 41.0 Å². The molecule has 0 saturated carbocycles. The molecule has 0 spiro atoms. The molecule has 3 rings (SSSR count). The molecule has 0 unspecified atom stereocenters. The quantitative estimate of drug-likeness (QED) is 0.464. The maximum absolute atomic E-state index is 12.4. The van der Waals surface area contributed by atoms with Gasteiger partial charge in [0.05, 0.1) is 30.9 Å². The molecule has 2 aromatic carbocycles. The van der Waals surface area contributed by atoms with Gasteiger partial charge in [0.1, 0.15) is 11.4 Å². The molecule has 0 fully saturated rings. The van der Waals surface area contributed by atoms with E-state index in [1.54, 1.807) is 12.4 Å². The fourth-order valence-corrected chi connectivity index (χ4v) is 2.91. The van der Waals surface area contributed by atoms with Crippen LogP contribution in [0.15, 0.2) is 60.0 Å². The van der Waals surface area contributed by atoms with Crippen molar-refractivity contribution in [1.29, 1.82) is 0 Å². The fourth-order valence-electron chi connectivity index (χ4n) is 2.91.